The number of thiophene rings is 1. The van der Waals surface area contributed by atoms with Crippen LogP contribution in [0.4, 0.5) is 0 Å². The number of nitrogens with one attached hydrogen (secondary N) is 1. The molecule has 18 heavy (non-hydrogen) atoms. The van der Waals surface area contributed by atoms with Crippen LogP contribution < -0.4 is 5.32 Å². The summed E-state index contributed by atoms with van der Waals surface area (Å²) in [5.74, 6) is 1.04. The predicted octanol–water partition coefficient (Wildman–Crippen LogP) is 2.68. The lowest BCUT2D eigenvalue weighted by Crippen LogP contribution is -2.32. The van der Waals surface area contributed by atoms with E-state index in [4.69, 9.17) is 0 Å². The predicted molar refractivity (Wildman–Crippen MR) is 73.4 cm³/mol. The maximum atomic E-state index is 12.4. The van der Waals surface area contributed by atoms with Gasteiger partial charge >= 0.3 is 0 Å². The summed E-state index contributed by atoms with van der Waals surface area (Å²) in [7, 11) is 0. The molecule has 2 fully saturated rings. The highest BCUT2D eigenvalue weighted by Crippen LogP contribution is 2.36. The van der Waals surface area contributed by atoms with Crippen molar-refractivity contribution in [1.82, 2.24) is 10.2 Å². The average molecular weight is 264 g/mol. The van der Waals surface area contributed by atoms with E-state index < -0.39 is 0 Å². The van der Waals surface area contributed by atoms with Crippen LogP contribution in [0.5, 0.6) is 0 Å². The first kappa shape index (κ1) is 12.2. The molecule has 1 N–H and O–H groups in total. The molecule has 2 heterocycles. The van der Waals surface area contributed by atoms with Gasteiger partial charge in [0.05, 0.1) is 6.04 Å². The molecule has 0 bridgehead atoms. The first-order chi connectivity index (χ1) is 8.69. The van der Waals surface area contributed by atoms with Gasteiger partial charge in [0.1, 0.15) is 6.17 Å². The molecule has 2 atom stereocenters. The van der Waals surface area contributed by atoms with Crippen LogP contribution in [0.2, 0.25) is 0 Å². The van der Waals surface area contributed by atoms with E-state index in [0.717, 1.165) is 18.9 Å². The van der Waals surface area contributed by atoms with Gasteiger partial charge in [-0.15, -0.1) is 11.3 Å². The lowest BCUT2D eigenvalue weighted by Gasteiger charge is -2.23. The van der Waals surface area contributed by atoms with E-state index in [9.17, 15) is 4.79 Å². The first-order valence-electron chi connectivity index (χ1n) is 6.82. The fourth-order valence-electron chi connectivity index (χ4n) is 2.58. The van der Waals surface area contributed by atoms with Gasteiger partial charge in [-0.05, 0) is 44.2 Å². The van der Waals surface area contributed by atoms with E-state index in [-0.39, 0.29) is 12.2 Å². The molecule has 0 radical (unpaired) electrons. The second-order valence-corrected chi connectivity index (χ2v) is 6.73. The van der Waals surface area contributed by atoms with Crippen molar-refractivity contribution < 1.29 is 4.79 Å². The normalized spacial score (nSPS) is 28.1. The maximum absolute atomic E-state index is 12.4. The van der Waals surface area contributed by atoms with Gasteiger partial charge in [-0.2, -0.15) is 0 Å². The van der Waals surface area contributed by atoms with Gasteiger partial charge in [0.15, 0.2) is 0 Å². The van der Waals surface area contributed by atoms with Crippen LogP contribution in [-0.4, -0.2) is 23.4 Å². The maximum Gasteiger partial charge on any atom is 0.241 e. The molecule has 1 aliphatic carbocycles. The number of hydrogen-bond donors (Lipinski definition) is 1. The van der Waals surface area contributed by atoms with Crippen molar-refractivity contribution >= 4 is 17.2 Å². The Balaban J connectivity index is 1.83. The molecule has 4 heteroatoms. The summed E-state index contributed by atoms with van der Waals surface area (Å²) in [6.07, 6.45) is 3.57. The molecule has 0 spiro atoms. The number of hydrogen-bond acceptors (Lipinski definition) is 3. The molecule has 1 amide bonds. The molecule has 1 saturated heterocycles. The molecule has 2 aliphatic rings. The van der Waals surface area contributed by atoms with E-state index in [1.807, 2.05) is 0 Å². The standard InChI is InChI=1S/C14H20N2OS/c1-3-11-14(17)16(8-10-5-6-10)13(15-11)12-7-4-9(2)18-12/h4,7,10-11,13,15H,3,5-6,8H2,1-2H3. The molecule has 1 aromatic heterocycles. The minimum absolute atomic E-state index is 0.0103. The molecular formula is C14H20N2OS. The zero-order chi connectivity index (χ0) is 12.7. The van der Waals surface area contributed by atoms with Crippen molar-refractivity contribution in [3.05, 3.63) is 21.9 Å². The Morgan fingerprint density at radius 1 is 1.44 bits per heavy atom. The second kappa shape index (κ2) is 4.67. The highest BCUT2D eigenvalue weighted by Gasteiger charge is 2.41. The minimum atomic E-state index is 0.0103. The Hall–Kier alpha value is -0.870. The van der Waals surface area contributed by atoms with E-state index in [2.05, 4.69) is 36.2 Å². The summed E-state index contributed by atoms with van der Waals surface area (Å²) in [6, 6.07) is 4.31. The monoisotopic (exact) mass is 264 g/mol. The van der Waals surface area contributed by atoms with Crippen molar-refractivity contribution in [3.8, 4) is 0 Å². The highest BCUT2D eigenvalue weighted by molar-refractivity contribution is 7.12. The van der Waals surface area contributed by atoms with Crippen molar-refractivity contribution in [1.29, 1.82) is 0 Å². The molecule has 2 unspecified atom stereocenters. The lowest BCUT2D eigenvalue weighted by atomic mass is 10.2. The van der Waals surface area contributed by atoms with Crippen LogP contribution in [0, 0.1) is 12.8 Å². The number of aryl methyl sites for hydroxylation is 1. The van der Waals surface area contributed by atoms with Crippen LogP contribution in [0.1, 0.15) is 42.1 Å². The molecule has 1 aliphatic heterocycles. The molecule has 98 valence electrons. The molecule has 0 aromatic carbocycles. The first-order valence-corrected chi connectivity index (χ1v) is 7.63. The minimum Gasteiger partial charge on any atom is -0.320 e. The van der Waals surface area contributed by atoms with Gasteiger partial charge in [-0.1, -0.05) is 6.92 Å². The summed E-state index contributed by atoms with van der Waals surface area (Å²) in [4.78, 5) is 17.0. The zero-order valence-electron chi connectivity index (χ0n) is 11.0. The smallest absolute Gasteiger partial charge is 0.241 e. The van der Waals surface area contributed by atoms with Crippen LogP contribution in [0.25, 0.3) is 0 Å². The van der Waals surface area contributed by atoms with Gasteiger partial charge in [-0.25, -0.2) is 0 Å². The molecule has 3 rings (SSSR count). The Morgan fingerprint density at radius 3 is 2.78 bits per heavy atom. The molecular weight excluding hydrogens is 244 g/mol. The van der Waals surface area contributed by atoms with E-state index >= 15 is 0 Å². The van der Waals surface area contributed by atoms with Crippen LogP contribution in [0.3, 0.4) is 0 Å². The largest absolute Gasteiger partial charge is 0.320 e. The Bertz CT molecular complexity index is 452. The fourth-order valence-corrected chi connectivity index (χ4v) is 3.53. The quantitative estimate of drug-likeness (QED) is 0.907. The topological polar surface area (TPSA) is 32.3 Å². The van der Waals surface area contributed by atoms with Gasteiger partial charge in [0.25, 0.3) is 0 Å². The summed E-state index contributed by atoms with van der Waals surface area (Å²) < 4.78 is 0. The van der Waals surface area contributed by atoms with Crippen molar-refractivity contribution in [2.45, 2.75) is 45.3 Å². The van der Waals surface area contributed by atoms with Crippen LogP contribution in [-0.2, 0) is 4.79 Å². The van der Waals surface area contributed by atoms with Gasteiger partial charge in [0.2, 0.25) is 5.91 Å². The van der Waals surface area contributed by atoms with E-state index in [1.165, 1.54) is 22.6 Å². The number of amides is 1. The van der Waals surface area contributed by atoms with Gasteiger partial charge in [0, 0.05) is 16.3 Å². The average Bonchev–Trinajstić information content (AvgIpc) is 2.99. The third-order valence-corrected chi connectivity index (χ3v) is 4.90. The highest BCUT2D eigenvalue weighted by atomic mass is 32.1. The van der Waals surface area contributed by atoms with Crippen LogP contribution >= 0.6 is 11.3 Å². The molecule has 1 aromatic rings. The number of carbonyl (C=O) groups excluding carboxylic acids is 1. The molecule has 1 saturated carbocycles. The van der Waals surface area contributed by atoms with Crippen molar-refractivity contribution in [2.24, 2.45) is 5.92 Å². The number of rotatable bonds is 4. The van der Waals surface area contributed by atoms with Gasteiger partial charge < -0.3 is 4.90 Å². The number of nitrogens with zero attached hydrogens (tertiary/aromatic N) is 1. The fraction of sp³-hybridized carbons (Fsp3) is 0.643. The summed E-state index contributed by atoms with van der Waals surface area (Å²) in [5, 5.41) is 3.49. The van der Waals surface area contributed by atoms with E-state index in [1.54, 1.807) is 11.3 Å². The van der Waals surface area contributed by atoms with Crippen LogP contribution in [0.15, 0.2) is 12.1 Å². The van der Waals surface area contributed by atoms with Crippen molar-refractivity contribution in [2.75, 3.05) is 6.54 Å². The lowest BCUT2D eigenvalue weighted by molar-refractivity contribution is -0.130. The summed E-state index contributed by atoms with van der Waals surface area (Å²) in [6.45, 7) is 5.13. The summed E-state index contributed by atoms with van der Waals surface area (Å²) in [5.41, 5.74) is 0. The Morgan fingerprint density at radius 2 is 2.22 bits per heavy atom. The van der Waals surface area contributed by atoms with E-state index in [0.29, 0.717) is 5.91 Å². The SMILES string of the molecule is CCC1NC(c2ccc(C)s2)N(CC2CC2)C1=O. The molecule has 3 nitrogen and oxygen atoms in total. The Kier molecular flexibility index (Phi) is 3.16. The van der Waals surface area contributed by atoms with Crippen molar-refractivity contribution in [3.63, 3.8) is 0 Å². The van der Waals surface area contributed by atoms with Gasteiger partial charge in [-0.3, -0.25) is 10.1 Å². The second-order valence-electron chi connectivity index (χ2n) is 5.41. The third-order valence-electron chi connectivity index (χ3n) is 3.84. The third kappa shape index (κ3) is 2.19. The number of carbonyl (C=O) groups is 1. The Labute approximate surface area is 112 Å². The summed E-state index contributed by atoms with van der Waals surface area (Å²) >= 11 is 1.79. The zero-order valence-corrected chi connectivity index (χ0v) is 11.8.